The summed E-state index contributed by atoms with van der Waals surface area (Å²) in [6, 6.07) is 5.80. The number of aliphatic hydroxyl groups is 1. The Balaban J connectivity index is 0.000000771. The molecule has 0 aromatic heterocycles. The van der Waals surface area contributed by atoms with Crippen molar-refractivity contribution in [2.45, 2.75) is 104 Å². The first-order chi connectivity index (χ1) is 18.2. The molecule has 0 spiro atoms. The second-order valence-corrected chi connectivity index (χ2v) is 11.7. The van der Waals surface area contributed by atoms with Gasteiger partial charge in [-0.25, -0.2) is 4.39 Å². The van der Waals surface area contributed by atoms with Crippen LogP contribution in [0.15, 0.2) is 24.3 Å². The van der Waals surface area contributed by atoms with Gasteiger partial charge < -0.3 is 20.4 Å². The lowest BCUT2D eigenvalue weighted by Crippen LogP contribution is -2.37. The molecule has 2 aliphatic rings. The fraction of sp³-hybridized carbons (Fsp3) is 0.516. The molecule has 2 aromatic rings. The molecular formula is C31H41FN2O5. The summed E-state index contributed by atoms with van der Waals surface area (Å²) in [6.07, 6.45) is 5.33. The van der Waals surface area contributed by atoms with E-state index in [9.17, 15) is 23.9 Å². The number of rotatable bonds is 6. The van der Waals surface area contributed by atoms with Crippen LogP contribution < -0.4 is 5.32 Å². The van der Waals surface area contributed by atoms with E-state index in [1.165, 1.54) is 24.6 Å². The number of nitrogens with zero attached hydrogens (tertiary/aromatic N) is 1. The number of amides is 2. The van der Waals surface area contributed by atoms with Crippen LogP contribution in [0.4, 0.5) is 4.39 Å². The molecule has 1 aliphatic carbocycles. The van der Waals surface area contributed by atoms with Crippen molar-refractivity contribution in [2.24, 2.45) is 0 Å². The Hall–Kier alpha value is -3.26. The molecular weight excluding hydrogens is 499 g/mol. The molecule has 0 atom stereocenters. The number of nitrogens with one attached hydrogen (secondary N) is 1. The summed E-state index contributed by atoms with van der Waals surface area (Å²) < 4.78 is 13.7. The Morgan fingerprint density at radius 2 is 1.51 bits per heavy atom. The van der Waals surface area contributed by atoms with Crippen molar-refractivity contribution in [3.05, 3.63) is 69.0 Å². The maximum atomic E-state index is 13.7. The van der Waals surface area contributed by atoms with Gasteiger partial charge in [0.2, 0.25) is 5.91 Å². The van der Waals surface area contributed by atoms with E-state index in [-0.39, 0.29) is 36.3 Å². The Labute approximate surface area is 230 Å². The van der Waals surface area contributed by atoms with E-state index in [0.717, 1.165) is 53.5 Å². The molecule has 1 saturated carbocycles. The van der Waals surface area contributed by atoms with E-state index in [1.807, 2.05) is 13.8 Å². The standard InChI is InChI=1S/C27H31FN2O4.C4H10O/c1-16-21(12-25(31)29-20-9-4-3-5-10-20)22(13-26(32)33)17(2)24-15-30(14-23(16)24)27(34)18-7-6-8-19(28)11-18;1-4(2,3)5/h6-8,11,20H,3-5,9-10,12-15H2,1-2H3,(H,29,31)(H,32,33);5H,1-3H3. The van der Waals surface area contributed by atoms with Crippen molar-refractivity contribution >= 4 is 17.8 Å². The summed E-state index contributed by atoms with van der Waals surface area (Å²) in [5.74, 6) is -1.79. The van der Waals surface area contributed by atoms with Gasteiger partial charge in [-0.05, 0) is 99.0 Å². The van der Waals surface area contributed by atoms with Crippen LogP contribution in [0.5, 0.6) is 0 Å². The lowest BCUT2D eigenvalue weighted by atomic mass is 9.86. The number of hydrogen-bond donors (Lipinski definition) is 3. The Morgan fingerprint density at radius 3 is 2.03 bits per heavy atom. The van der Waals surface area contributed by atoms with Gasteiger partial charge in [-0.1, -0.05) is 25.3 Å². The van der Waals surface area contributed by atoms with E-state index < -0.39 is 17.4 Å². The highest BCUT2D eigenvalue weighted by atomic mass is 19.1. The smallest absolute Gasteiger partial charge is 0.307 e. The van der Waals surface area contributed by atoms with Crippen LogP contribution in [0.1, 0.15) is 96.6 Å². The lowest BCUT2D eigenvalue weighted by Gasteiger charge is -2.24. The highest BCUT2D eigenvalue weighted by Gasteiger charge is 2.31. The largest absolute Gasteiger partial charge is 0.481 e. The van der Waals surface area contributed by atoms with Gasteiger partial charge in [0.25, 0.3) is 5.91 Å². The van der Waals surface area contributed by atoms with E-state index in [2.05, 4.69) is 5.32 Å². The molecule has 3 N–H and O–H groups in total. The molecule has 4 rings (SSSR count). The molecule has 0 bridgehead atoms. The van der Waals surface area contributed by atoms with Gasteiger partial charge in [0.1, 0.15) is 5.82 Å². The predicted molar refractivity (Wildman–Crippen MR) is 148 cm³/mol. The van der Waals surface area contributed by atoms with Crippen molar-refractivity contribution in [3.63, 3.8) is 0 Å². The van der Waals surface area contributed by atoms with Crippen molar-refractivity contribution in [1.29, 1.82) is 0 Å². The van der Waals surface area contributed by atoms with Crippen molar-refractivity contribution in [2.75, 3.05) is 0 Å². The van der Waals surface area contributed by atoms with Crippen LogP contribution in [-0.4, -0.2) is 44.5 Å². The quantitative estimate of drug-likeness (QED) is 0.478. The van der Waals surface area contributed by atoms with Crippen molar-refractivity contribution in [3.8, 4) is 0 Å². The highest BCUT2D eigenvalue weighted by molar-refractivity contribution is 5.94. The molecule has 2 amide bonds. The SMILES string of the molecule is CC(C)(C)O.Cc1c(CC(=O)O)c(CC(=O)NC2CCCCC2)c(C)c2c1CN(C(=O)c1cccc(F)c1)C2. The van der Waals surface area contributed by atoms with Crippen LogP contribution >= 0.6 is 0 Å². The third kappa shape index (κ3) is 8.36. The molecule has 0 saturated heterocycles. The van der Waals surface area contributed by atoms with Gasteiger partial charge >= 0.3 is 5.97 Å². The third-order valence-corrected chi connectivity index (χ3v) is 7.23. The van der Waals surface area contributed by atoms with Gasteiger partial charge in [0.15, 0.2) is 0 Å². The molecule has 1 aliphatic heterocycles. The zero-order chi connectivity index (χ0) is 28.9. The third-order valence-electron chi connectivity index (χ3n) is 7.23. The van der Waals surface area contributed by atoms with Crippen LogP contribution in [-0.2, 0) is 35.5 Å². The minimum atomic E-state index is -0.956. The maximum Gasteiger partial charge on any atom is 0.307 e. The van der Waals surface area contributed by atoms with Crippen molar-refractivity contribution < 1.29 is 29.0 Å². The molecule has 2 aromatic carbocycles. The van der Waals surface area contributed by atoms with Crippen LogP contribution in [0.3, 0.4) is 0 Å². The normalized spacial score (nSPS) is 15.3. The summed E-state index contributed by atoms with van der Waals surface area (Å²) in [6.45, 7) is 9.69. The summed E-state index contributed by atoms with van der Waals surface area (Å²) in [7, 11) is 0. The molecule has 212 valence electrons. The van der Waals surface area contributed by atoms with E-state index in [0.29, 0.717) is 18.7 Å². The fourth-order valence-corrected chi connectivity index (χ4v) is 5.40. The van der Waals surface area contributed by atoms with Crippen LogP contribution in [0.25, 0.3) is 0 Å². The van der Waals surface area contributed by atoms with Crippen LogP contribution in [0, 0.1) is 19.7 Å². The number of carboxylic acids is 1. The molecule has 0 radical (unpaired) electrons. The highest BCUT2D eigenvalue weighted by Crippen LogP contribution is 2.35. The Bertz CT molecular complexity index is 1220. The summed E-state index contributed by atoms with van der Waals surface area (Å²) in [5.41, 5.74) is 4.74. The average molecular weight is 541 g/mol. The van der Waals surface area contributed by atoms with Gasteiger partial charge in [0.05, 0.1) is 18.4 Å². The van der Waals surface area contributed by atoms with Gasteiger partial charge in [-0.3, -0.25) is 14.4 Å². The fourth-order valence-electron chi connectivity index (χ4n) is 5.40. The summed E-state index contributed by atoms with van der Waals surface area (Å²) in [4.78, 5) is 39.3. The lowest BCUT2D eigenvalue weighted by molar-refractivity contribution is -0.136. The van der Waals surface area contributed by atoms with E-state index >= 15 is 0 Å². The minimum absolute atomic E-state index is 0.0910. The topological polar surface area (TPSA) is 107 Å². The zero-order valence-corrected chi connectivity index (χ0v) is 23.7. The summed E-state index contributed by atoms with van der Waals surface area (Å²) in [5, 5.41) is 21.2. The molecule has 8 heteroatoms. The second kappa shape index (κ2) is 12.7. The monoisotopic (exact) mass is 540 g/mol. The van der Waals surface area contributed by atoms with E-state index in [4.69, 9.17) is 5.11 Å². The molecule has 7 nitrogen and oxygen atoms in total. The number of hydrogen-bond acceptors (Lipinski definition) is 4. The van der Waals surface area contributed by atoms with Crippen molar-refractivity contribution in [1.82, 2.24) is 10.2 Å². The summed E-state index contributed by atoms with van der Waals surface area (Å²) >= 11 is 0. The maximum absolute atomic E-state index is 13.7. The minimum Gasteiger partial charge on any atom is -0.481 e. The number of carboxylic acid groups (broad SMARTS) is 1. The van der Waals surface area contributed by atoms with Gasteiger partial charge in [0, 0.05) is 24.7 Å². The number of carbonyl (C=O) groups excluding carboxylic acids is 2. The number of aliphatic carboxylic acids is 1. The van der Waals surface area contributed by atoms with Gasteiger partial charge in [-0.2, -0.15) is 0 Å². The second-order valence-electron chi connectivity index (χ2n) is 11.7. The number of benzene rings is 2. The molecule has 1 fully saturated rings. The Morgan fingerprint density at radius 1 is 0.974 bits per heavy atom. The Kier molecular flexibility index (Phi) is 9.88. The first kappa shape index (κ1) is 30.3. The molecule has 0 unspecified atom stereocenters. The zero-order valence-electron chi connectivity index (χ0n) is 23.7. The first-order valence-corrected chi connectivity index (χ1v) is 13.7. The van der Waals surface area contributed by atoms with Crippen LogP contribution in [0.2, 0.25) is 0 Å². The first-order valence-electron chi connectivity index (χ1n) is 13.7. The molecule has 39 heavy (non-hydrogen) atoms. The number of carbonyl (C=O) groups is 3. The van der Waals surface area contributed by atoms with E-state index in [1.54, 1.807) is 31.7 Å². The predicted octanol–water partition coefficient (Wildman–Crippen LogP) is 4.99. The average Bonchev–Trinajstić information content (AvgIpc) is 3.29. The number of halogens is 1. The molecule has 1 heterocycles. The van der Waals surface area contributed by atoms with Gasteiger partial charge in [-0.15, -0.1) is 0 Å². The number of fused-ring (bicyclic) bond motifs is 1.